The number of hydrogen-bond donors (Lipinski definition) is 2. The van der Waals surface area contributed by atoms with Crippen LogP contribution in [0.15, 0.2) is 36.4 Å². The summed E-state index contributed by atoms with van der Waals surface area (Å²) >= 11 is 0. The molecule has 198 valence electrons. The molecule has 3 aromatic rings. The van der Waals surface area contributed by atoms with Gasteiger partial charge >= 0.3 is 6.09 Å². The summed E-state index contributed by atoms with van der Waals surface area (Å²) in [7, 11) is 0. The molecule has 2 aromatic heterocycles. The molecular weight excluding hydrogens is 474 g/mol. The van der Waals surface area contributed by atoms with Gasteiger partial charge in [-0.15, -0.1) is 0 Å². The van der Waals surface area contributed by atoms with Crippen LogP contribution < -0.4 is 5.32 Å². The van der Waals surface area contributed by atoms with Gasteiger partial charge in [0, 0.05) is 55.6 Å². The zero-order valence-electron chi connectivity index (χ0n) is 21.8. The number of nitro groups is 1. The van der Waals surface area contributed by atoms with Crippen LogP contribution in [-0.2, 0) is 6.54 Å². The molecule has 11 nitrogen and oxygen atoms in total. The number of aryl methyl sites for hydroxylation is 1. The number of carbonyl (C=O) groups is 1. The van der Waals surface area contributed by atoms with Crippen molar-refractivity contribution in [2.24, 2.45) is 0 Å². The lowest BCUT2D eigenvalue weighted by Crippen LogP contribution is -2.49. The minimum atomic E-state index is -0.897. The summed E-state index contributed by atoms with van der Waals surface area (Å²) in [5, 5.41) is 24.5. The van der Waals surface area contributed by atoms with E-state index in [1.807, 2.05) is 50.5 Å². The molecule has 11 heteroatoms. The Labute approximate surface area is 216 Å². The number of piperidine rings is 1. The summed E-state index contributed by atoms with van der Waals surface area (Å²) in [5.41, 5.74) is 2.72. The predicted octanol–water partition coefficient (Wildman–Crippen LogP) is 4.35. The molecule has 1 fully saturated rings. The molecule has 1 aromatic carbocycles. The number of imidazole rings is 1. The van der Waals surface area contributed by atoms with Crippen molar-refractivity contribution < 1.29 is 14.8 Å². The largest absolute Gasteiger partial charge is 0.465 e. The Bertz CT molecular complexity index is 1280. The van der Waals surface area contributed by atoms with Gasteiger partial charge < -0.3 is 24.8 Å². The molecule has 1 aliphatic rings. The molecule has 3 heterocycles. The standard InChI is InChI=1S/C26H35N7O4/c1-18-6-5-7-20(27-18)17-31-23-16-21(33(36)37)8-9-22(23)29-24(31)28-19-10-12-30(13-11-19)14-15-32(25(34)35)26(2,3)4/h5-9,16,19H,10-15,17H2,1-4H3,(H,28,29)(H,34,35). The van der Waals surface area contributed by atoms with E-state index in [-0.39, 0.29) is 11.7 Å². The van der Waals surface area contributed by atoms with Crippen LogP contribution >= 0.6 is 0 Å². The van der Waals surface area contributed by atoms with E-state index in [2.05, 4.69) is 15.2 Å². The fourth-order valence-corrected chi connectivity index (χ4v) is 4.79. The van der Waals surface area contributed by atoms with Gasteiger partial charge in [0.25, 0.3) is 5.69 Å². The van der Waals surface area contributed by atoms with Gasteiger partial charge in [-0.05, 0) is 58.7 Å². The molecule has 1 amide bonds. The van der Waals surface area contributed by atoms with E-state index < -0.39 is 16.6 Å². The summed E-state index contributed by atoms with van der Waals surface area (Å²) in [4.78, 5) is 35.8. The topological polar surface area (TPSA) is 130 Å². The van der Waals surface area contributed by atoms with E-state index in [0.717, 1.165) is 37.3 Å². The van der Waals surface area contributed by atoms with Crippen molar-refractivity contribution in [1.82, 2.24) is 24.3 Å². The second kappa shape index (κ2) is 10.7. The number of aromatic nitrogens is 3. The maximum absolute atomic E-state index is 11.6. The number of nitrogens with one attached hydrogen (secondary N) is 1. The summed E-state index contributed by atoms with van der Waals surface area (Å²) in [6.45, 7) is 11.0. The Morgan fingerprint density at radius 1 is 1.22 bits per heavy atom. The van der Waals surface area contributed by atoms with Gasteiger partial charge in [-0.1, -0.05) is 6.07 Å². The average Bonchev–Trinajstić information content (AvgIpc) is 3.15. The summed E-state index contributed by atoms with van der Waals surface area (Å²) in [5.74, 6) is 0.669. The van der Waals surface area contributed by atoms with E-state index in [9.17, 15) is 20.0 Å². The monoisotopic (exact) mass is 509 g/mol. The lowest BCUT2D eigenvalue weighted by Gasteiger charge is -2.37. The van der Waals surface area contributed by atoms with E-state index in [4.69, 9.17) is 4.98 Å². The molecule has 0 atom stereocenters. The SMILES string of the molecule is Cc1cccc(Cn2c(NC3CCN(CCN(C(=O)O)C(C)(C)C)CC3)nc3ccc([N+](=O)[O-])cc32)n1. The van der Waals surface area contributed by atoms with Crippen molar-refractivity contribution in [3.05, 3.63) is 57.9 Å². The highest BCUT2D eigenvalue weighted by atomic mass is 16.6. The van der Waals surface area contributed by atoms with Crippen LogP contribution in [0.4, 0.5) is 16.4 Å². The molecule has 0 bridgehead atoms. The van der Waals surface area contributed by atoms with Crippen LogP contribution in [-0.4, -0.2) is 78.2 Å². The van der Waals surface area contributed by atoms with Gasteiger partial charge in [0.15, 0.2) is 0 Å². The predicted molar refractivity (Wildman–Crippen MR) is 142 cm³/mol. The molecule has 0 radical (unpaired) electrons. The molecule has 4 rings (SSSR count). The minimum absolute atomic E-state index is 0.0244. The van der Waals surface area contributed by atoms with Gasteiger partial charge in [0.2, 0.25) is 5.95 Å². The average molecular weight is 510 g/mol. The Kier molecular flexibility index (Phi) is 7.63. The van der Waals surface area contributed by atoms with Crippen molar-refractivity contribution >= 4 is 28.8 Å². The number of benzene rings is 1. The molecule has 1 saturated heterocycles. The van der Waals surface area contributed by atoms with Crippen LogP contribution in [0.5, 0.6) is 0 Å². The van der Waals surface area contributed by atoms with E-state index >= 15 is 0 Å². The first-order chi connectivity index (χ1) is 17.5. The van der Waals surface area contributed by atoms with E-state index in [1.54, 1.807) is 12.1 Å². The third kappa shape index (κ3) is 6.34. The third-order valence-electron chi connectivity index (χ3n) is 6.81. The summed E-state index contributed by atoms with van der Waals surface area (Å²) in [6, 6.07) is 10.7. The number of anilines is 1. The quantitative estimate of drug-likeness (QED) is 0.339. The Morgan fingerprint density at radius 2 is 1.95 bits per heavy atom. The number of nitro benzene ring substituents is 1. The van der Waals surface area contributed by atoms with E-state index in [1.165, 1.54) is 11.0 Å². The maximum Gasteiger partial charge on any atom is 0.407 e. The van der Waals surface area contributed by atoms with Crippen molar-refractivity contribution in [2.45, 2.75) is 58.7 Å². The van der Waals surface area contributed by atoms with Gasteiger partial charge in [0.05, 0.1) is 28.2 Å². The van der Waals surface area contributed by atoms with Gasteiger partial charge in [0.1, 0.15) is 0 Å². The second-order valence-corrected chi connectivity index (χ2v) is 10.6. The minimum Gasteiger partial charge on any atom is -0.465 e. The Balaban J connectivity index is 1.48. The Hall–Kier alpha value is -3.73. The number of carboxylic acid groups (broad SMARTS) is 1. The molecule has 2 N–H and O–H groups in total. The van der Waals surface area contributed by atoms with Gasteiger partial charge in [-0.2, -0.15) is 0 Å². The number of likely N-dealkylation sites (tertiary alicyclic amines) is 1. The highest BCUT2D eigenvalue weighted by molar-refractivity contribution is 5.81. The fourth-order valence-electron chi connectivity index (χ4n) is 4.79. The van der Waals surface area contributed by atoms with Crippen LogP contribution in [0, 0.1) is 17.0 Å². The first kappa shape index (κ1) is 26.3. The smallest absolute Gasteiger partial charge is 0.407 e. The summed E-state index contributed by atoms with van der Waals surface area (Å²) < 4.78 is 1.96. The van der Waals surface area contributed by atoms with Crippen molar-refractivity contribution in [2.75, 3.05) is 31.5 Å². The normalized spacial score (nSPS) is 15.1. The van der Waals surface area contributed by atoms with Gasteiger partial charge in [-0.3, -0.25) is 15.1 Å². The number of nitrogens with zero attached hydrogens (tertiary/aromatic N) is 6. The number of rotatable bonds is 8. The first-order valence-corrected chi connectivity index (χ1v) is 12.6. The fraction of sp³-hybridized carbons (Fsp3) is 0.500. The zero-order chi connectivity index (χ0) is 26.7. The lowest BCUT2D eigenvalue weighted by molar-refractivity contribution is -0.384. The maximum atomic E-state index is 11.6. The van der Waals surface area contributed by atoms with Crippen LogP contribution in [0.25, 0.3) is 11.0 Å². The van der Waals surface area contributed by atoms with Crippen LogP contribution in [0.1, 0.15) is 45.0 Å². The van der Waals surface area contributed by atoms with E-state index in [0.29, 0.717) is 36.6 Å². The second-order valence-electron chi connectivity index (χ2n) is 10.6. The van der Waals surface area contributed by atoms with Gasteiger partial charge in [-0.25, -0.2) is 9.78 Å². The molecule has 0 unspecified atom stereocenters. The lowest BCUT2D eigenvalue weighted by atomic mass is 10.0. The highest BCUT2D eigenvalue weighted by Gasteiger charge is 2.28. The number of non-ortho nitro benzene ring substituents is 1. The van der Waals surface area contributed by atoms with Crippen LogP contribution in [0.2, 0.25) is 0 Å². The number of hydrogen-bond acceptors (Lipinski definition) is 7. The van der Waals surface area contributed by atoms with Crippen molar-refractivity contribution in [1.29, 1.82) is 0 Å². The molecule has 37 heavy (non-hydrogen) atoms. The Morgan fingerprint density at radius 3 is 2.57 bits per heavy atom. The molecule has 0 spiro atoms. The third-order valence-corrected chi connectivity index (χ3v) is 6.81. The first-order valence-electron chi connectivity index (χ1n) is 12.6. The number of amides is 1. The summed E-state index contributed by atoms with van der Waals surface area (Å²) in [6.07, 6.45) is 0.870. The van der Waals surface area contributed by atoms with Crippen molar-refractivity contribution in [3.63, 3.8) is 0 Å². The molecular formula is C26H35N7O4. The highest BCUT2D eigenvalue weighted by Crippen LogP contribution is 2.27. The van der Waals surface area contributed by atoms with Crippen molar-refractivity contribution in [3.8, 4) is 0 Å². The number of fused-ring (bicyclic) bond motifs is 1. The molecule has 0 aliphatic carbocycles. The zero-order valence-corrected chi connectivity index (χ0v) is 21.8. The molecule has 0 saturated carbocycles. The molecule has 1 aliphatic heterocycles. The number of pyridine rings is 1. The van der Waals surface area contributed by atoms with Crippen LogP contribution in [0.3, 0.4) is 0 Å².